The van der Waals surface area contributed by atoms with Gasteiger partial charge in [-0.3, -0.25) is 0 Å². The normalized spacial score (nSPS) is 25.0. The van der Waals surface area contributed by atoms with E-state index in [0.717, 1.165) is 103 Å². The zero-order valence-electron chi connectivity index (χ0n) is 52.4. The van der Waals surface area contributed by atoms with Crippen molar-refractivity contribution in [2.75, 3.05) is 0 Å². The number of hydrogen-bond acceptors (Lipinski definition) is 3. The minimum absolute atomic E-state index is 0. The average molecular weight is 1180 g/mol. The number of rotatable bonds is 6. The van der Waals surface area contributed by atoms with Gasteiger partial charge in [0, 0.05) is 11.1 Å². The summed E-state index contributed by atoms with van der Waals surface area (Å²) in [7, 11) is 0. The van der Waals surface area contributed by atoms with Gasteiger partial charge in [0.05, 0.1) is 11.4 Å². The first-order valence-corrected chi connectivity index (χ1v) is 31.4. The summed E-state index contributed by atoms with van der Waals surface area (Å²) < 4.78 is 0. The summed E-state index contributed by atoms with van der Waals surface area (Å²) in [6.45, 7) is 34.7. The monoisotopic (exact) mass is 1180 g/mol. The second-order valence-corrected chi connectivity index (χ2v) is 31.1. The van der Waals surface area contributed by atoms with Crippen LogP contribution < -0.4 is 10.2 Å². The number of nitrogens with zero attached hydrogens (tertiary/aromatic N) is 1. The van der Waals surface area contributed by atoms with Gasteiger partial charge in [-0.1, -0.05) is 185 Å². The summed E-state index contributed by atoms with van der Waals surface area (Å²) in [5.41, 5.74) is 17.0. The molecule has 8 bridgehead atoms. The fraction of sp³-hybridized carbons (Fsp3) is 0.456. The molecule has 0 atom stereocenters. The molecule has 0 amide bonds. The van der Waals surface area contributed by atoms with Gasteiger partial charge < -0.3 is 10.2 Å². The van der Waals surface area contributed by atoms with Crippen molar-refractivity contribution < 1.29 is 36.4 Å². The first-order chi connectivity index (χ1) is 38.6. The molecule has 8 fully saturated rings. The van der Waals surface area contributed by atoms with E-state index in [4.69, 9.17) is 4.98 Å². The molecule has 83 heavy (non-hydrogen) atoms. The van der Waals surface area contributed by atoms with Crippen molar-refractivity contribution in [3.05, 3.63) is 198 Å². The van der Waals surface area contributed by atoms with Gasteiger partial charge >= 0.3 is 26.2 Å². The van der Waals surface area contributed by atoms with E-state index in [1.807, 2.05) is 0 Å². The molecule has 3 nitrogen and oxygen atoms in total. The minimum Gasteiger partial charge on any atom is -0.872 e. The Labute approximate surface area is 520 Å². The molecule has 430 valence electrons. The van der Waals surface area contributed by atoms with E-state index in [1.54, 1.807) is 0 Å². The molecule has 0 radical (unpaired) electrons. The number of benzene rings is 6. The molecule has 15 rings (SSSR count). The van der Waals surface area contributed by atoms with E-state index in [-0.39, 0.29) is 70.2 Å². The molecule has 1 aromatic heterocycles. The molecule has 8 aliphatic rings. The summed E-state index contributed by atoms with van der Waals surface area (Å²) in [6.07, 6.45) is 15.1. The van der Waals surface area contributed by atoms with Crippen LogP contribution in [0.1, 0.15) is 205 Å². The van der Waals surface area contributed by atoms with Gasteiger partial charge in [-0.15, -0.1) is 24.3 Å². The van der Waals surface area contributed by atoms with Gasteiger partial charge in [-0.05, 0) is 202 Å². The Hall–Kier alpha value is -5.31. The molecule has 0 N–H and O–H groups in total. The third kappa shape index (κ3) is 12.5. The van der Waals surface area contributed by atoms with Crippen LogP contribution in [0.2, 0.25) is 0 Å². The Morgan fingerprint density at radius 1 is 0.349 bits per heavy atom. The SMILES string of the molecule is CC(C)(C)c1cc(-c2ccccc2-c2cccc(-c3ccccc3-c3cc(C(C)(C)C)cc(C45CC6CC(CC(C6)C4)C5)c3[O-])n2)c([O-])c(C23CC4CC(CC(C4)C2)C3)c1.[CH2-]c1ccc(C(C)(C)C)cc1.[CH2-]c1ccc(C(C)(C)C)cc1.[Zr+4]. The molecule has 0 aliphatic heterocycles. The third-order valence-electron chi connectivity index (χ3n) is 20.5. The van der Waals surface area contributed by atoms with Crippen LogP contribution in [0.15, 0.2) is 140 Å². The van der Waals surface area contributed by atoms with Crippen molar-refractivity contribution in [3.63, 3.8) is 0 Å². The van der Waals surface area contributed by atoms with E-state index in [2.05, 4.69) is 236 Å². The smallest absolute Gasteiger partial charge is 0.872 e. The van der Waals surface area contributed by atoms with Gasteiger partial charge in [0.15, 0.2) is 0 Å². The van der Waals surface area contributed by atoms with Gasteiger partial charge in [0.25, 0.3) is 0 Å². The molecule has 0 saturated heterocycles. The molecule has 4 heteroatoms. The van der Waals surface area contributed by atoms with Crippen LogP contribution >= 0.6 is 0 Å². The van der Waals surface area contributed by atoms with Gasteiger partial charge in [0.1, 0.15) is 0 Å². The summed E-state index contributed by atoms with van der Waals surface area (Å²) in [4.78, 5) is 5.44. The molecule has 0 unspecified atom stereocenters. The molecular weight excluding hydrogens is 1090 g/mol. The quantitative estimate of drug-likeness (QED) is 0.156. The summed E-state index contributed by atoms with van der Waals surface area (Å²) in [5.74, 6) is 5.00. The predicted octanol–water partition coefficient (Wildman–Crippen LogP) is 19.8. The second-order valence-electron chi connectivity index (χ2n) is 31.1. The fourth-order valence-electron chi connectivity index (χ4n) is 16.8. The maximum atomic E-state index is 15.1. The molecule has 1 heterocycles. The summed E-state index contributed by atoms with van der Waals surface area (Å²) in [6, 6.07) is 49.0. The number of hydrogen-bond donors (Lipinski definition) is 0. The van der Waals surface area contributed by atoms with Gasteiger partial charge in [-0.2, -0.15) is 49.2 Å². The van der Waals surface area contributed by atoms with Gasteiger partial charge in [-0.25, -0.2) is 4.98 Å². The largest absolute Gasteiger partial charge is 4.00 e. The molecular formula is C79H93NO2Zr. The van der Waals surface area contributed by atoms with E-state index in [0.29, 0.717) is 0 Å². The Balaban J connectivity index is 0.000000280. The van der Waals surface area contributed by atoms with Crippen LogP contribution in [0.3, 0.4) is 0 Å². The first-order valence-electron chi connectivity index (χ1n) is 31.4. The maximum absolute atomic E-state index is 15.1. The van der Waals surface area contributed by atoms with E-state index in [9.17, 15) is 0 Å². The standard InChI is InChI=1S/C57H65NO2.2C11H15.Zr/c1-54(2,3)40-24-46(52(59)48(26-40)56-28-34-18-35(29-56)20-36(19-34)30-56)42-12-7-9-14-44(42)50-16-11-17-51(58-50)45-15-10-8-13-43(45)47-25-41(55(4,5)6)27-49(53(47)60)57-31-37-21-38(32-57)23-39(22-37)33-57;2*1-9-5-7-10(8-6-9)11(2,3)4;/h7-17,24-27,34-39,59-60H,18-23,28-33H2,1-6H3;2*5-8H,1H2,2-4H3;/q;2*-1;+4/p-2. The van der Waals surface area contributed by atoms with Crippen molar-refractivity contribution in [1.82, 2.24) is 4.98 Å². The van der Waals surface area contributed by atoms with Crippen molar-refractivity contribution in [3.8, 4) is 56.3 Å². The van der Waals surface area contributed by atoms with Crippen LogP contribution in [0.4, 0.5) is 0 Å². The fourth-order valence-corrected chi connectivity index (χ4v) is 16.8. The Bertz CT molecular complexity index is 3150. The van der Waals surface area contributed by atoms with Crippen LogP contribution in [0.5, 0.6) is 11.5 Å². The van der Waals surface area contributed by atoms with Crippen molar-refractivity contribution in [2.45, 2.75) is 193 Å². The molecule has 6 aromatic carbocycles. The first kappa shape index (κ1) is 60.8. The number of pyridine rings is 1. The minimum atomic E-state index is -0.101. The van der Waals surface area contributed by atoms with Crippen LogP contribution in [-0.4, -0.2) is 4.98 Å². The average Bonchev–Trinajstić information content (AvgIpc) is 2.59. The van der Waals surface area contributed by atoms with Crippen molar-refractivity contribution in [2.24, 2.45) is 35.5 Å². The van der Waals surface area contributed by atoms with Crippen LogP contribution in [-0.2, 0) is 58.7 Å². The molecule has 8 aliphatic carbocycles. The second kappa shape index (κ2) is 22.8. The van der Waals surface area contributed by atoms with E-state index >= 15 is 10.2 Å². The Kier molecular flexibility index (Phi) is 16.7. The molecule has 8 saturated carbocycles. The van der Waals surface area contributed by atoms with Crippen LogP contribution in [0, 0.1) is 49.4 Å². The van der Waals surface area contributed by atoms with E-state index in [1.165, 1.54) is 99.3 Å². The van der Waals surface area contributed by atoms with Crippen molar-refractivity contribution >= 4 is 0 Å². The summed E-state index contributed by atoms with van der Waals surface area (Å²) >= 11 is 0. The maximum Gasteiger partial charge on any atom is 4.00 e. The zero-order chi connectivity index (χ0) is 58.3. The Morgan fingerprint density at radius 3 is 0.904 bits per heavy atom. The van der Waals surface area contributed by atoms with Gasteiger partial charge in [0.2, 0.25) is 0 Å². The van der Waals surface area contributed by atoms with Crippen LogP contribution in [0.25, 0.3) is 44.8 Å². The Morgan fingerprint density at radius 2 is 0.627 bits per heavy atom. The van der Waals surface area contributed by atoms with Crippen molar-refractivity contribution in [1.29, 1.82) is 0 Å². The topological polar surface area (TPSA) is 59.0 Å². The zero-order valence-corrected chi connectivity index (χ0v) is 54.9. The predicted molar refractivity (Wildman–Crippen MR) is 341 cm³/mol. The number of aromatic nitrogens is 1. The molecule has 0 spiro atoms. The van der Waals surface area contributed by atoms with E-state index < -0.39 is 0 Å². The summed E-state index contributed by atoms with van der Waals surface area (Å²) in [5, 5.41) is 30.3. The molecule has 7 aromatic rings. The third-order valence-corrected chi connectivity index (χ3v) is 20.5.